The third kappa shape index (κ3) is 5.32. The van der Waals surface area contributed by atoms with Crippen LogP contribution in [0.15, 0.2) is 30.3 Å². The Kier molecular flexibility index (Phi) is 6.91. The van der Waals surface area contributed by atoms with Crippen LogP contribution in [0, 0.1) is 12.3 Å². The van der Waals surface area contributed by atoms with Crippen LogP contribution in [0.2, 0.25) is 0 Å². The van der Waals surface area contributed by atoms with Gasteiger partial charge >= 0.3 is 0 Å². The summed E-state index contributed by atoms with van der Waals surface area (Å²) in [6.07, 6.45) is 6.12. The van der Waals surface area contributed by atoms with Gasteiger partial charge in [-0.1, -0.05) is 50.6 Å². The van der Waals surface area contributed by atoms with Crippen molar-refractivity contribution >= 4 is 0 Å². The molecule has 89 valence electrons. The largest absolute Gasteiger partial charge is 0.312 e. The molecule has 0 aliphatic rings. The normalized spacial score (nSPS) is 10.9. The Morgan fingerprint density at radius 2 is 2.00 bits per heavy atom. The zero-order valence-corrected chi connectivity index (χ0v) is 10.6. The molecule has 1 heteroatoms. The molecule has 1 unspecified atom stereocenters. The van der Waals surface area contributed by atoms with Gasteiger partial charge in [-0.15, -0.1) is 0 Å². The Morgan fingerprint density at radius 1 is 1.25 bits per heavy atom. The maximum Gasteiger partial charge on any atom is 0.0205 e. The molecule has 0 aliphatic heterocycles. The lowest BCUT2D eigenvalue weighted by Gasteiger charge is -2.15. The summed E-state index contributed by atoms with van der Waals surface area (Å²) >= 11 is 0. The first kappa shape index (κ1) is 13.2. The standard InChI is InChI=1S/C15H24N/c1-3-8-14(9-4-2)12-16-13-15-10-6-5-7-11-15/h3,5-7,10-11,14,16H,4,8-9,12-13H2,1-2H3. The average molecular weight is 218 g/mol. The van der Waals surface area contributed by atoms with Crippen LogP contribution in [0.3, 0.4) is 0 Å². The van der Waals surface area contributed by atoms with E-state index in [9.17, 15) is 0 Å². The van der Waals surface area contributed by atoms with Gasteiger partial charge in [0.15, 0.2) is 0 Å². The first-order chi connectivity index (χ1) is 7.86. The predicted octanol–water partition coefficient (Wildman–Crippen LogP) is 3.81. The lowest BCUT2D eigenvalue weighted by atomic mass is 9.98. The third-order valence-electron chi connectivity index (χ3n) is 2.87. The third-order valence-corrected chi connectivity index (χ3v) is 2.87. The van der Waals surface area contributed by atoms with Crippen LogP contribution in [0.1, 0.15) is 38.7 Å². The van der Waals surface area contributed by atoms with Crippen molar-refractivity contribution in [2.45, 2.75) is 39.7 Å². The van der Waals surface area contributed by atoms with Crippen molar-refractivity contribution < 1.29 is 0 Å². The van der Waals surface area contributed by atoms with Crippen molar-refractivity contribution in [1.29, 1.82) is 0 Å². The molecule has 1 nitrogen and oxygen atoms in total. The second-order valence-electron chi connectivity index (χ2n) is 4.42. The highest BCUT2D eigenvalue weighted by Crippen LogP contribution is 2.11. The van der Waals surface area contributed by atoms with Crippen molar-refractivity contribution in [3.8, 4) is 0 Å². The molecule has 0 spiro atoms. The summed E-state index contributed by atoms with van der Waals surface area (Å²) in [5, 5.41) is 3.55. The first-order valence-corrected chi connectivity index (χ1v) is 6.39. The van der Waals surface area contributed by atoms with Gasteiger partial charge in [0.1, 0.15) is 0 Å². The highest BCUT2D eigenvalue weighted by Gasteiger charge is 2.05. The van der Waals surface area contributed by atoms with E-state index in [0.29, 0.717) is 0 Å². The van der Waals surface area contributed by atoms with E-state index in [1.165, 1.54) is 24.8 Å². The van der Waals surface area contributed by atoms with Crippen LogP contribution in [0.4, 0.5) is 0 Å². The Balaban J connectivity index is 2.22. The Morgan fingerprint density at radius 3 is 2.62 bits per heavy atom. The molecule has 0 saturated heterocycles. The van der Waals surface area contributed by atoms with Crippen molar-refractivity contribution in [1.82, 2.24) is 5.32 Å². The molecule has 0 amide bonds. The fourth-order valence-electron chi connectivity index (χ4n) is 2.06. The zero-order valence-electron chi connectivity index (χ0n) is 10.6. The van der Waals surface area contributed by atoms with Crippen LogP contribution in [-0.4, -0.2) is 6.54 Å². The van der Waals surface area contributed by atoms with Gasteiger partial charge in [-0.05, 0) is 37.3 Å². The van der Waals surface area contributed by atoms with Gasteiger partial charge in [-0.2, -0.15) is 0 Å². The molecule has 0 saturated carbocycles. The second-order valence-corrected chi connectivity index (χ2v) is 4.42. The molecule has 0 fully saturated rings. The van der Waals surface area contributed by atoms with Crippen molar-refractivity contribution in [3.05, 3.63) is 42.3 Å². The number of hydrogen-bond acceptors (Lipinski definition) is 1. The Labute approximate surface area is 100 Å². The Hall–Kier alpha value is -0.820. The maximum atomic E-state index is 3.55. The highest BCUT2D eigenvalue weighted by molar-refractivity contribution is 5.14. The van der Waals surface area contributed by atoms with Gasteiger partial charge in [0.25, 0.3) is 0 Å². The van der Waals surface area contributed by atoms with Crippen molar-refractivity contribution in [2.75, 3.05) is 6.54 Å². The Bertz CT molecular complexity index is 249. The monoisotopic (exact) mass is 218 g/mol. The highest BCUT2D eigenvalue weighted by atomic mass is 14.9. The predicted molar refractivity (Wildman–Crippen MR) is 71.1 cm³/mol. The van der Waals surface area contributed by atoms with E-state index in [1.807, 2.05) is 0 Å². The summed E-state index contributed by atoms with van der Waals surface area (Å²) in [4.78, 5) is 0. The number of hydrogen-bond donors (Lipinski definition) is 1. The van der Waals surface area contributed by atoms with E-state index >= 15 is 0 Å². The summed E-state index contributed by atoms with van der Waals surface area (Å²) in [5.74, 6) is 0.804. The summed E-state index contributed by atoms with van der Waals surface area (Å²) in [5.41, 5.74) is 1.37. The zero-order chi connectivity index (χ0) is 11.6. The van der Waals surface area contributed by atoms with Crippen LogP contribution in [0.25, 0.3) is 0 Å². The summed E-state index contributed by atoms with van der Waals surface area (Å²) < 4.78 is 0. The van der Waals surface area contributed by atoms with Crippen LogP contribution in [-0.2, 0) is 6.54 Å². The lowest BCUT2D eigenvalue weighted by molar-refractivity contribution is 0.435. The van der Waals surface area contributed by atoms with Gasteiger partial charge in [0, 0.05) is 6.54 Å². The van der Waals surface area contributed by atoms with Gasteiger partial charge in [-0.3, -0.25) is 0 Å². The molecule has 1 atom stereocenters. The summed E-state index contributed by atoms with van der Waals surface area (Å²) in [7, 11) is 0. The molecule has 0 heterocycles. The minimum atomic E-state index is 0.804. The fraction of sp³-hybridized carbons (Fsp3) is 0.533. The number of nitrogens with one attached hydrogen (secondary N) is 1. The van der Waals surface area contributed by atoms with Gasteiger partial charge < -0.3 is 5.32 Å². The molecule has 0 aromatic heterocycles. The van der Waals surface area contributed by atoms with Crippen LogP contribution in [0.5, 0.6) is 0 Å². The lowest BCUT2D eigenvalue weighted by Crippen LogP contribution is -2.22. The quantitative estimate of drug-likeness (QED) is 0.699. The van der Waals surface area contributed by atoms with E-state index in [2.05, 4.69) is 55.9 Å². The number of benzene rings is 1. The van der Waals surface area contributed by atoms with E-state index in [1.54, 1.807) is 0 Å². The molecule has 1 radical (unpaired) electrons. The van der Waals surface area contributed by atoms with Crippen molar-refractivity contribution in [2.24, 2.45) is 5.92 Å². The molecule has 0 aliphatic carbocycles. The molecule has 16 heavy (non-hydrogen) atoms. The van der Waals surface area contributed by atoms with E-state index in [0.717, 1.165) is 19.0 Å². The number of rotatable bonds is 8. The maximum absolute atomic E-state index is 3.55. The molecule has 1 aromatic carbocycles. The second kappa shape index (κ2) is 8.35. The summed E-state index contributed by atoms with van der Waals surface area (Å²) in [6, 6.07) is 10.6. The van der Waals surface area contributed by atoms with Crippen LogP contribution >= 0.6 is 0 Å². The van der Waals surface area contributed by atoms with E-state index in [-0.39, 0.29) is 0 Å². The minimum Gasteiger partial charge on any atom is -0.312 e. The fourth-order valence-corrected chi connectivity index (χ4v) is 2.06. The van der Waals surface area contributed by atoms with Gasteiger partial charge in [0.05, 0.1) is 0 Å². The molecule has 1 rings (SSSR count). The SMILES string of the molecule is C[CH]CC(CCC)CNCc1ccccc1. The minimum absolute atomic E-state index is 0.804. The summed E-state index contributed by atoms with van der Waals surface area (Å²) in [6.45, 7) is 6.54. The van der Waals surface area contributed by atoms with Gasteiger partial charge in [0.2, 0.25) is 0 Å². The molecule has 1 aromatic rings. The molecule has 1 N–H and O–H groups in total. The average Bonchev–Trinajstić information content (AvgIpc) is 2.31. The van der Waals surface area contributed by atoms with Crippen molar-refractivity contribution in [3.63, 3.8) is 0 Å². The molecular formula is C15H24N. The van der Waals surface area contributed by atoms with Gasteiger partial charge in [-0.25, -0.2) is 0 Å². The molecule has 0 bridgehead atoms. The van der Waals surface area contributed by atoms with Crippen LogP contribution < -0.4 is 5.32 Å². The first-order valence-electron chi connectivity index (χ1n) is 6.39. The topological polar surface area (TPSA) is 12.0 Å². The molecular weight excluding hydrogens is 194 g/mol. The smallest absolute Gasteiger partial charge is 0.0205 e. The van der Waals surface area contributed by atoms with E-state index in [4.69, 9.17) is 0 Å². The van der Waals surface area contributed by atoms with E-state index < -0.39 is 0 Å².